The first-order valence-electron chi connectivity index (χ1n) is 7.94. The van der Waals surface area contributed by atoms with E-state index in [0.29, 0.717) is 22.8 Å². The summed E-state index contributed by atoms with van der Waals surface area (Å²) < 4.78 is 1.75. The Labute approximate surface area is 154 Å². The molecule has 0 saturated carbocycles. The number of aromatic nitrogens is 3. The number of nitrogens with one attached hydrogen (secondary N) is 1. The average Bonchev–Trinajstić information content (AvgIpc) is 3.35. The number of oxime groups is 1. The van der Waals surface area contributed by atoms with Crippen LogP contribution in [0.4, 0.5) is 5.69 Å². The van der Waals surface area contributed by atoms with Gasteiger partial charge in [0.05, 0.1) is 11.4 Å². The van der Waals surface area contributed by atoms with Crippen molar-refractivity contribution < 1.29 is 9.63 Å². The van der Waals surface area contributed by atoms with Crippen molar-refractivity contribution >= 4 is 28.9 Å². The molecule has 3 aromatic rings. The third-order valence-corrected chi connectivity index (χ3v) is 4.31. The lowest BCUT2D eigenvalue weighted by molar-refractivity contribution is -0.125. The number of hydrogen-bond acceptors (Lipinski definition) is 5. The van der Waals surface area contributed by atoms with Gasteiger partial charge in [0.15, 0.2) is 0 Å². The topological polar surface area (TPSA) is 81.4 Å². The van der Waals surface area contributed by atoms with Crippen LogP contribution in [0.15, 0.2) is 66.3 Å². The van der Waals surface area contributed by atoms with E-state index in [-0.39, 0.29) is 5.91 Å². The Kier molecular flexibility index (Phi) is 4.37. The fourth-order valence-electron chi connectivity index (χ4n) is 2.67. The smallest absolute Gasteiger partial charge is 0.268 e. The molecule has 26 heavy (non-hydrogen) atoms. The second-order valence-electron chi connectivity index (χ2n) is 5.72. The van der Waals surface area contributed by atoms with Gasteiger partial charge >= 0.3 is 0 Å². The number of anilines is 1. The predicted octanol–water partition coefficient (Wildman–Crippen LogP) is 3.05. The van der Waals surface area contributed by atoms with Crippen LogP contribution < -0.4 is 5.32 Å². The number of carbonyl (C=O) groups is 1. The third-order valence-electron chi connectivity index (χ3n) is 3.98. The van der Waals surface area contributed by atoms with E-state index in [1.807, 2.05) is 36.4 Å². The molecule has 1 aliphatic rings. The van der Waals surface area contributed by atoms with Gasteiger partial charge in [0, 0.05) is 22.7 Å². The van der Waals surface area contributed by atoms with Gasteiger partial charge in [0.1, 0.15) is 12.7 Å². The summed E-state index contributed by atoms with van der Waals surface area (Å²) in [6, 6.07) is 14.7. The molecule has 1 aliphatic heterocycles. The summed E-state index contributed by atoms with van der Waals surface area (Å²) in [4.78, 5) is 17.8. The molecule has 0 bridgehead atoms. The van der Waals surface area contributed by atoms with Crippen LogP contribution in [0.25, 0.3) is 5.69 Å². The van der Waals surface area contributed by atoms with Crippen LogP contribution in [0.3, 0.4) is 0 Å². The lowest BCUT2D eigenvalue weighted by Crippen LogP contribution is -2.28. The van der Waals surface area contributed by atoms with E-state index in [9.17, 15) is 4.79 Å². The zero-order chi connectivity index (χ0) is 17.9. The van der Waals surface area contributed by atoms with Crippen molar-refractivity contribution in [1.82, 2.24) is 14.8 Å². The van der Waals surface area contributed by atoms with Crippen LogP contribution >= 0.6 is 11.6 Å². The molecule has 1 aromatic heterocycles. The highest BCUT2D eigenvalue weighted by Crippen LogP contribution is 2.24. The fraction of sp³-hybridized carbons (Fsp3) is 0.111. The summed E-state index contributed by atoms with van der Waals surface area (Å²) in [5.41, 5.74) is 2.93. The monoisotopic (exact) mass is 367 g/mol. The first kappa shape index (κ1) is 16.3. The van der Waals surface area contributed by atoms with Gasteiger partial charge in [-0.25, -0.2) is 0 Å². The van der Waals surface area contributed by atoms with E-state index < -0.39 is 6.10 Å². The van der Waals surface area contributed by atoms with Crippen LogP contribution in [0.1, 0.15) is 12.0 Å². The van der Waals surface area contributed by atoms with Crippen LogP contribution in [-0.2, 0) is 9.63 Å². The van der Waals surface area contributed by atoms with Crippen molar-refractivity contribution in [1.29, 1.82) is 0 Å². The Morgan fingerprint density at radius 3 is 2.77 bits per heavy atom. The van der Waals surface area contributed by atoms with E-state index in [1.54, 1.807) is 29.4 Å². The second-order valence-corrected chi connectivity index (χ2v) is 6.13. The quantitative estimate of drug-likeness (QED) is 0.768. The minimum atomic E-state index is -0.695. The predicted molar refractivity (Wildman–Crippen MR) is 97.5 cm³/mol. The van der Waals surface area contributed by atoms with Gasteiger partial charge in [-0.2, -0.15) is 0 Å². The maximum atomic E-state index is 12.5. The number of rotatable bonds is 4. The molecule has 0 fully saturated rings. The summed E-state index contributed by atoms with van der Waals surface area (Å²) in [5.74, 6) is -0.267. The van der Waals surface area contributed by atoms with Crippen molar-refractivity contribution in [2.24, 2.45) is 5.16 Å². The summed E-state index contributed by atoms with van der Waals surface area (Å²) in [6.45, 7) is 0. The lowest BCUT2D eigenvalue weighted by Gasteiger charge is -2.11. The first-order valence-corrected chi connectivity index (χ1v) is 8.32. The minimum absolute atomic E-state index is 0.267. The number of amides is 1. The Morgan fingerprint density at radius 1 is 1.15 bits per heavy atom. The molecule has 2 heterocycles. The van der Waals surface area contributed by atoms with Gasteiger partial charge in [0.25, 0.3) is 5.91 Å². The van der Waals surface area contributed by atoms with Crippen LogP contribution in [-0.4, -0.2) is 32.5 Å². The van der Waals surface area contributed by atoms with Gasteiger partial charge in [-0.15, -0.1) is 10.2 Å². The summed E-state index contributed by atoms with van der Waals surface area (Å²) in [6.07, 6.45) is 2.84. The third kappa shape index (κ3) is 3.29. The van der Waals surface area contributed by atoms with Gasteiger partial charge in [-0.05, 0) is 24.3 Å². The molecule has 4 rings (SSSR count). The Bertz CT molecular complexity index is 971. The summed E-state index contributed by atoms with van der Waals surface area (Å²) in [5, 5.41) is 15.0. The highest BCUT2D eigenvalue weighted by molar-refractivity contribution is 6.34. The summed E-state index contributed by atoms with van der Waals surface area (Å²) in [7, 11) is 0. The van der Waals surface area contributed by atoms with Crippen molar-refractivity contribution in [3.63, 3.8) is 0 Å². The Balaban J connectivity index is 1.44. The molecule has 1 N–H and O–H groups in total. The molecule has 1 atom stereocenters. The molecule has 1 amide bonds. The van der Waals surface area contributed by atoms with Crippen molar-refractivity contribution in [2.75, 3.05) is 5.32 Å². The molecule has 0 aliphatic carbocycles. The molecule has 0 saturated heterocycles. The normalized spacial score (nSPS) is 16.0. The van der Waals surface area contributed by atoms with Crippen LogP contribution in [0.5, 0.6) is 0 Å². The second kappa shape index (κ2) is 6.97. The lowest BCUT2D eigenvalue weighted by atomic mass is 10.0. The standard InChI is InChI=1S/C18H14ClN5O2/c19-15-7-2-1-6-14(15)16-9-17(26-23-16)18(25)22-12-4-3-5-13(8-12)24-10-20-21-11-24/h1-8,10-11,17H,9H2,(H,22,25)/t17-/m1/s1. The first-order chi connectivity index (χ1) is 12.7. The largest absolute Gasteiger partial charge is 0.382 e. The SMILES string of the molecule is O=C(Nc1cccc(-n2cnnc2)c1)[C@H]1CC(c2ccccc2Cl)=NO1. The highest BCUT2D eigenvalue weighted by Gasteiger charge is 2.29. The zero-order valence-corrected chi connectivity index (χ0v) is 14.3. The van der Waals surface area contributed by atoms with E-state index in [1.165, 1.54) is 0 Å². The number of nitrogens with zero attached hydrogens (tertiary/aromatic N) is 4. The van der Waals surface area contributed by atoms with Crippen LogP contribution in [0.2, 0.25) is 5.02 Å². The van der Waals surface area contributed by atoms with Crippen LogP contribution in [0, 0.1) is 0 Å². The fourth-order valence-corrected chi connectivity index (χ4v) is 2.92. The minimum Gasteiger partial charge on any atom is -0.382 e. The van der Waals surface area contributed by atoms with Crippen molar-refractivity contribution in [2.45, 2.75) is 12.5 Å². The molecular weight excluding hydrogens is 354 g/mol. The maximum Gasteiger partial charge on any atom is 0.268 e. The number of hydrogen-bond donors (Lipinski definition) is 1. The number of benzene rings is 2. The Morgan fingerprint density at radius 2 is 1.96 bits per heavy atom. The van der Waals surface area contributed by atoms with Gasteiger partial charge in [-0.1, -0.05) is 41.0 Å². The maximum absolute atomic E-state index is 12.5. The number of carbonyl (C=O) groups excluding carboxylic acids is 1. The van der Waals surface area contributed by atoms with Gasteiger partial charge in [0.2, 0.25) is 6.10 Å². The molecule has 130 valence electrons. The zero-order valence-electron chi connectivity index (χ0n) is 13.5. The average molecular weight is 368 g/mol. The Hall–Kier alpha value is -3.19. The molecule has 0 radical (unpaired) electrons. The molecule has 8 heteroatoms. The van der Waals surface area contributed by atoms with E-state index in [2.05, 4.69) is 20.7 Å². The molecule has 2 aromatic carbocycles. The molecule has 0 unspecified atom stereocenters. The molecular formula is C18H14ClN5O2. The highest BCUT2D eigenvalue weighted by atomic mass is 35.5. The number of halogens is 1. The van der Waals surface area contributed by atoms with Crippen molar-refractivity contribution in [3.05, 3.63) is 71.8 Å². The summed E-state index contributed by atoms with van der Waals surface area (Å²) >= 11 is 6.18. The van der Waals surface area contributed by atoms with E-state index >= 15 is 0 Å². The van der Waals surface area contributed by atoms with Crippen molar-refractivity contribution in [3.8, 4) is 5.69 Å². The molecule has 7 nitrogen and oxygen atoms in total. The molecule has 0 spiro atoms. The van der Waals surface area contributed by atoms with E-state index in [4.69, 9.17) is 16.4 Å². The van der Waals surface area contributed by atoms with Gasteiger partial charge < -0.3 is 10.2 Å². The van der Waals surface area contributed by atoms with Gasteiger partial charge in [-0.3, -0.25) is 9.36 Å². The van der Waals surface area contributed by atoms with E-state index in [0.717, 1.165) is 11.3 Å².